The largest absolute Gasteiger partial charge is 0.345 e. The number of fused-ring (bicyclic) bond motifs is 2. The third-order valence-electron chi connectivity index (χ3n) is 4.78. The monoisotopic (exact) mass is 418 g/mol. The summed E-state index contributed by atoms with van der Waals surface area (Å²) < 4.78 is 3.35. The Hall–Kier alpha value is -3.52. The van der Waals surface area contributed by atoms with Gasteiger partial charge in [-0.05, 0) is 29.2 Å². The van der Waals surface area contributed by atoms with Crippen LogP contribution in [0.25, 0.3) is 11.3 Å². The van der Waals surface area contributed by atoms with Crippen LogP contribution in [0, 0.1) is 5.41 Å². The Kier molecular flexibility index (Phi) is 5.56. The van der Waals surface area contributed by atoms with Crippen molar-refractivity contribution in [2.75, 3.05) is 6.54 Å². The van der Waals surface area contributed by atoms with Crippen LogP contribution in [0.15, 0.2) is 59.8 Å². The molecule has 0 bridgehead atoms. The molecule has 0 spiro atoms. The summed E-state index contributed by atoms with van der Waals surface area (Å²) in [6.45, 7) is 8.55. The summed E-state index contributed by atoms with van der Waals surface area (Å²) in [5, 5.41) is 6.26. The van der Waals surface area contributed by atoms with Gasteiger partial charge in [0.15, 0.2) is 0 Å². The Morgan fingerprint density at radius 1 is 1.03 bits per heavy atom. The molecule has 0 saturated heterocycles. The molecule has 4 aromatic heterocycles. The summed E-state index contributed by atoms with van der Waals surface area (Å²) in [6, 6.07) is 10.5. The zero-order valence-electron chi connectivity index (χ0n) is 17.9. The molecular formula is C23H26N6O2. The van der Waals surface area contributed by atoms with E-state index in [-0.39, 0.29) is 23.2 Å². The van der Waals surface area contributed by atoms with Crippen LogP contribution in [-0.4, -0.2) is 31.2 Å². The van der Waals surface area contributed by atoms with Gasteiger partial charge in [0.1, 0.15) is 17.0 Å². The molecule has 0 radical (unpaired) electrons. The summed E-state index contributed by atoms with van der Waals surface area (Å²) >= 11 is 0. The maximum absolute atomic E-state index is 12.5. The maximum atomic E-state index is 12.5. The second-order valence-corrected chi connectivity index (χ2v) is 8.79. The van der Waals surface area contributed by atoms with Crippen LogP contribution in [0.4, 0.5) is 0 Å². The number of nitrogens with zero attached hydrogens (tertiary/aromatic N) is 4. The third kappa shape index (κ3) is 4.97. The number of aromatic nitrogens is 4. The average Bonchev–Trinajstić information content (AvgIpc) is 3.13. The van der Waals surface area contributed by atoms with Crippen molar-refractivity contribution in [3.05, 3.63) is 82.3 Å². The van der Waals surface area contributed by atoms with Crippen LogP contribution in [0.5, 0.6) is 0 Å². The number of nitrogens with one attached hydrogen (secondary N) is 2. The number of hydrogen-bond donors (Lipinski definition) is 2. The van der Waals surface area contributed by atoms with Gasteiger partial charge in [0.05, 0.1) is 12.2 Å². The van der Waals surface area contributed by atoms with E-state index in [0.717, 1.165) is 30.0 Å². The number of carbonyl (C=O) groups is 1. The lowest BCUT2D eigenvalue weighted by molar-refractivity contribution is 0.0945. The minimum Gasteiger partial charge on any atom is -0.345 e. The highest BCUT2D eigenvalue weighted by molar-refractivity contribution is 5.92. The van der Waals surface area contributed by atoms with Crippen molar-refractivity contribution < 1.29 is 4.79 Å². The summed E-state index contributed by atoms with van der Waals surface area (Å²) in [5.74, 6) is -0.410. The van der Waals surface area contributed by atoms with E-state index in [1.807, 2.05) is 28.9 Å². The minimum absolute atomic E-state index is 0.0900. The summed E-state index contributed by atoms with van der Waals surface area (Å²) in [5.41, 5.74) is 3.15. The zero-order valence-corrected chi connectivity index (χ0v) is 17.9. The van der Waals surface area contributed by atoms with Crippen molar-refractivity contribution in [2.45, 2.75) is 33.9 Å². The van der Waals surface area contributed by atoms with Gasteiger partial charge in [-0.2, -0.15) is 0 Å². The molecule has 4 aromatic rings. The fourth-order valence-corrected chi connectivity index (χ4v) is 3.29. The first kappa shape index (κ1) is 20.7. The number of hydrogen-bond acceptors (Lipinski definition) is 5. The van der Waals surface area contributed by atoms with Gasteiger partial charge in [0.25, 0.3) is 11.5 Å². The minimum atomic E-state index is -0.410. The molecule has 1 amide bonds. The van der Waals surface area contributed by atoms with Gasteiger partial charge in [0, 0.05) is 37.7 Å². The fourth-order valence-electron chi connectivity index (χ4n) is 3.29. The smallest absolute Gasteiger partial charge is 0.270 e. The fraction of sp³-hybridized carbons (Fsp3) is 0.304. The van der Waals surface area contributed by atoms with Crippen LogP contribution in [0.1, 0.15) is 42.5 Å². The highest BCUT2D eigenvalue weighted by Gasteiger charge is 2.12. The molecule has 0 aliphatic carbocycles. The molecular weight excluding hydrogens is 392 g/mol. The molecule has 4 heterocycles. The van der Waals surface area contributed by atoms with Gasteiger partial charge in [-0.15, -0.1) is 0 Å². The summed E-state index contributed by atoms with van der Waals surface area (Å²) in [6.07, 6.45) is 5.55. The molecule has 160 valence electrons. The second kappa shape index (κ2) is 8.31. The topological polar surface area (TPSA) is 92.8 Å². The number of imidazole rings is 1. The molecule has 31 heavy (non-hydrogen) atoms. The van der Waals surface area contributed by atoms with E-state index in [2.05, 4.69) is 41.4 Å². The zero-order chi connectivity index (χ0) is 22.0. The van der Waals surface area contributed by atoms with Crippen molar-refractivity contribution in [2.24, 2.45) is 5.41 Å². The lowest BCUT2D eigenvalue weighted by Gasteiger charge is -2.18. The van der Waals surface area contributed by atoms with Gasteiger partial charge in [-0.3, -0.25) is 14.0 Å². The predicted octanol–water partition coefficient (Wildman–Crippen LogP) is 2.41. The Labute approximate surface area is 180 Å². The summed E-state index contributed by atoms with van der Waals surface area (Å²) in [7, 11) is 0. The van der Waals surface area contributed by atoms with E-state index in [1.54, 1.807) is 24.4 Å². The second-order valence-electron chi connectivity index (χ2n) is 8.79. The number of pyridine rings is 2. The maximum Gasteiger partial charge on any atom is 0.270 e. The average molecular weight is 419 g/mol. The van der Waals surface area contributed by atoms with Crippen molar-refractivity contribution in [3.63, 3.8) is 0 Å². The quantitative estimate of drug-likeness (QED) is 0.502. The number of carbonyl (C=O) groups excluding carboxylic acids is 1. The normalized spacial score (nSPS) is 11.8. The molecule has 4 rings (SSSR count). The van der Waals surface area contributed by atoms with Gasteiger partial charge in [-0.25, -0.2) is 9.97 Å². The van der Waals surface area contributed by atoms with Crippen molar-refractivity contribution in [1.82, 2.24) is 29.4 Å². The number of rotatable bonds is 6. The number of amides is 1. The molecule has 0 unspecified atom stereocenters. The van der Waals surface area contributed by atoms with Crippen LogP contribution in [0.2, 0.25) is 0 Å². The van der Waals surface area contributed by atoms with Crippen LogP contribution < -0.4 is 16.2 Å². The molecule has 0 atom stereocenters. The van der Waals surface area contributed by atoms with E-state index in [1.165, 1.54) is 10.5 Å². The van der Waals surface area contributed by atoms with E-state index in [9.17, 15) is 9.59 Å². The van der Waals surface area contributed by atoms with E-state index in [4.69, 9.17) is 0 Å². The SMILES string of the molecule is CC(C)(C)CNCc1ccc2nc(CNC(=O)c3cc(=O)n4ccccc4n3)cn2c1. The molecule has 0 fully saturated rings. The Morgan fingerprint density at radius 2 is 1.87 bits per heavy atom. The lowest BCUT2D eigenvalue weighted by Crippen LogP contribution is -2.27. The van der Waals surface area contributed by atoms with Crippen molar-refractivity contribution in [1.29, 1.82) is 0 Å². The van der Waals surface area contributed by atoms with Crippen LogP contribution >= 0.6 is 0 Å². The first-order valence-corrected chi connectivity index (χ1v) is 10.2. The molecule has 2 N–H and O–H groups in total. The first-order valence-electron chi connectivity index (χ1n) is 10.2. The Bertz CT molecular complexity index is 1300. The van der Waals surface area contributed by atoms with Crippen LogP contribution in [0.3, 0.4) is 0 Å². The van der Waals surface area contributed by atoms with Gasteiger partial charge < -0.3 is 15.0 Å². The van der Waals surface area contributed by atoms with Crippen molar-refractivity contribution >= 4 is 17.2 Å². The molecule has 0 aliphatic heterocycles. The van der Waals surface area contributed by atoms with Crippen molar-refractivity contribution in [3.8, 4) is 0 Å². The molecule has 0 aliphatic rings. The molecule has 8 heteroatoms. The van der Waals surface area contributed by atoms with E-state index in [0.29, 0.717) is 5.65 Å². The predicted molar refractivity (Wildman–Crippen MR) is 119 cm³/mol. The highest BCUT2D eigenvalue weighted by Crippen LogP contribution is 2.12. The standard InChI is InChI=1S/C23H26N6O2/c1-23(2,3)15-24-11-16-7-8-19-26-17(14-28(19)13-16)12-25-22(31)18-10-21(30)29-9-5-4-6-20(29)27-18/h4-10,13-14,24H,11-12,15H2,1-3H3,(H,25,31). The molecule has 0 saturated carbocycles. The molecule has 8 nitrogen and oxygen atoms in total. The Morgan fingerprint density at radius 3 is 2.68 bits per heavy atom. The Balaban J connectivity index is 1.43. The van der Waals surface area contributed by atoms with Gasteiger partial charge in [0.2, 0.25) is 0 Å². The first-order chi connectivity index (χ1) is 14.8. The summed E-state index contributed by atoms with van der Waals surface area (Å²) in [4.78, 5) is 33.5. The molecule has 0 aromatic carbocycles. The highest BCUT2D eigenvalue weighted by atomic mass is 16.2. The lowest BCUT2D eigenvalue weighted by atomic mass is 9.97. The van der Waals surface area contributed by atoms with E-state index >= 15 is 0 Å². The van der Waals surface area contributed by atoms with Gasteiger partial charge >= 0.3 is 0 Å². The third-order valence-corrected chi connectivity index (χ3v) is 4.78. The van der Waals surface area contributed by atoms with Crippen LogP contribution in [-0.2, 0) is 13.1 Å². The van der Waals surface area contributed by atoms with E-state index < -0.39 is 5.91 Å². The van der Waals surface area contributed by atoms with Gasteiger partial charge in [-0.1, -0.05) is 32.9 Å².